The number of carbonyl (C=O) groups excluding carboxylic acids is 1. The third-order valence-electron chi connectivity index (χ3n) is 2.39. The van der Waals surface area contributed by atoms with E-state index in [0.29, 0.717) is 12.1 Å². The molecule has 106 valence electrons. The molecule has 0 aliphatic heterocycles. The van der Waals surface area contributed by atoms with Crippen LogP contribution in [0.4, 0.5) is 16.2 Å². The number of rotatable bonds is 4. The fourth-order valence-electron chi connectivity index (χ4n) is 1.51. The number of ether oxygens (including phenoxy) is 1. The Morgan fingerprint density at radius 1 is 1.37 bits per heavy atom. The van der Waals surface area contributed by atoms with Crippen LogP contribution in [-0.2, 0) is 4.74 Å². The molecule has 0 radical (unpaired) electrons. The summed E-state index contributed by atoms with van der Waals surface area (Å²) >= 11 is 0. The van der Waals surface area contributed by atoms with Crippen molar-refractivity contribution in [2.75, 3.05) is 11.1 Å². The molecule has 0 aromatic heterocycles. The SMILES string of the molecule is CCC(NC(=O)OC(C)(C)C)Nc1ccccc1N. The Morgan fingerprint density at radius 2 is 2.00 bits per heavy atom. The van der Waals surface area contributed by atoms with E-state index in [2.05, 4.69) is 10.6 Å². The van der Waals surface area contributed by atoms with Gasteiger partial charge in [-0.15, -0.1) is 0 Å². The van der Waals surface area contributed by atoms with Gasteiger partial charge in [0, 0.05) is 0 Å². The maximum atomic E-state index is 11.7. The van der Waals surface area contributed by atoms with Crippen LogP contribution in [0.2, 0.25) is 0 Å². The van der Waals surface area contributed by atoms with Crippen molar-refractivity contribution in [3.63, 3.8) is 0 Å². The van der Waals surface area contributed by atoms with Crippen molar-refractivity contribution in [2.45, 2.75) is 45.9 Å². The van der Waals surface area contributed by atoms with Crippen molar-refractivity contribution in [1.29, 1.82) is 0 Å². The predicted octanol–water partition coefficient (Wildman–Crippen LogP) is 2.94. The molecule has 1 atom stereocenters. The molecule has 1 amide bonds. The van der Waals surface area contributed by atoms with Gasteiger partial charge in [0.2, 0.25) is 0 Å². The first-order valence-electron chi connectivity index (χ1n) is 6.42. The number of amides is 1. The number of carbonyl (C=O) groups is 1. The van der Waals surface area contributed by atoms with Gasteiger partial charge < -0.3 is 21.1 Å². The number of benzene rings is 1. The zero-order chi connectivity index (χ0) is 14.5. The normalized spacial score (nSPS) is 12.6. The van der Waals surface area contributed by atoms with Crippen LogP contribution in [0.15, 0.2) is 24.3 Å². The Bertz CT molecular complexity index is 427. The summed E-state index contributed by atoms with van der Waals surface area (Å²) in [5, 5.41) is 5.95. The zero-order valence-corrected chi connectivity index (χ0v) is 12.0. The third-order valence-corrected chi connectivity index (χ3v) is 2.39. The first kappa shape index (κ1) is 15.1. The van der Waals surface area contributed by atoms with Gasteiger partial charge in [-0.1, -0.05) is 19.1 Å². The summed E-state index contributed by atoms with van der Waals surface area (Å²) in [7, 11) is 0. The summed E-state index contributed by atoms with van der Waals surface area (Å²) in [6.45, 7) is 7.45. The lowest BCUT2D eigenvalue weighted by molar-refractivity contribution is 0.0509. The highest BCUT2D eigenvalue weighted by Gasteiger charge is 2.18. The maximum Gasteiger partial charge on any atom is 0.409 e. The first-order chi connectivity index (χ1) is 8.81. The highest BCUT2D eigenvalue weighted by molar-refractivity contribution is 5.70. The summed E-state index contributed by atoms with van der Waals surface area (Å²) in [4.78, 5) is 11.7. The molecule has 1 aromatic rings. The lowest BCUT2D eigenvalue weighted by Gasteiger charge is -2.24. The number of nitrogen functional groups attached to an aromatic ring is 1. The Hall–Kier alpha value is -1.91. The van der Waals surface area contributed by atoms with Crippen LogP contribution in [0.5, 0.6) is 0 Å². The smallest absolute Gasteiger partial charge is 0.409 e. The Morgan fingerprint density at radius 3 is 2.53 bits per heavy atom. The summed E-state index contributed by atoms with van der Waals surface area (Å²) < 4.78 is 5.22. The highest BCUT2D eigenvalue weighted by Crippen LogP contribution is 2.18. The minimum Gasteiger partial charge on any atom is -0.444 e. The largest absolute Gasteiger partial charge is 0.444 e. The summed E-state index contributed by atoms with van der Waals surface area (Å²) in [6.07, 6.45) is 0.0500. The van der Waals surface area contributed by atoms with E-state index in [0.717, 1.165) is 5.69 Å². The van der Waals surface area contributed by atoms with E-state index in [1.165, 1.54) is 0 Å². The van der Waals surface area contributed by atoms with Crippen molar-refractivity contribution < 1.29 is 9.53 Å². The second-order valence-electron chi connectivity index (χ2n) is 5.34. The highest BCUT2D eigenvalue weighted by atomic mass is 16.6. The molecule has 0 spiro atoms. The fourth-order valence-corrected chi connectivity index (χ4v) is 1.51. The molecular weight excluding hydrogens is 242 g/mol. The van der Waals surface area contributed by atoms with Crippen molar-refractivity contribution in [3.05, 3.63) is 24.3 Å². The molecule has 0 heterocycles. The van der Waals surface area contributed by atoms with Crippen molar-refractivity contribution in [2.24, 2.45) is 0 Å². The van der Waals surface area contributed by atoms with Crippen LogP contribution in [0.1, 0.15) is 34.1 Å². The Labute approximate surface area is 114 Å². The maximum absolute atomic E-state index is 11.7. The summed E-state index contributed by atoms with van der Waals surface area (Å²) in [5.41, 5.74) is 6.79. The average molecular weight is 265 g/mol. The van der Waals surface area contributed by atoms with E-state index in [1.54, 1.807) is 0 Å². The minimum absolute atomic E-state index is 0.223. The van der Waals surface area contributed by atoms with Gasteiger partial charge in [0.15, 0.2) is 0 Å². The standard InChI is InChI=1S/C14H23N3O2/c1-5-12(17-13(18)19-14(2,3)4)16-11-9-7-6-8-10(11)15/h6-9,12,16H,5,15H2,1-4H3,(H,17,18). The molecule has 0 bridgehead atoms. The molecule has 1 unspecified atom stereocenters. The van der Waals surface area contributed by atoms with Gasteiger partial charge in [0.1, 0.15) is 11.8 Å². The van der Waals surface area contributed by atoms with Gasteiger partial charge in [-0.25, -0.2) is 4.79 Å². The van der Waals surface area contributed by atoms with Crippen LogP contribution < -0.4 is 16.4 Å². The van der Waals surface area contributed by atoms with Crippen molar-refractivity contribution >= 4 is 17.5 Å². The minimum atomic E-state index is -0.506. The number of nitrogens with two attached hydrogens (primary N) is 1. The quantitative estimate of drug-likeness (QED) is 0.578. The second kappa shape index (κ2) is 6.31. The number of hydrogen-bond acceptors (Lipinski definition) is 4. The molecular formula is C14H23N3O2. The summed E-state index contributed by atoms with van der Waals surface area (Å²) in [5.74, 6) is 0. The zero-order valence-electron chi connectivity index (χ0n) is 12.0. The summed E-state index contributed by atoms with van der Waals surface area (Å²) in [6, 6.07) is 7.43. The lowest BCUT2D eigenvalue weighted by Crippen LogP contribution is -2.43. The average Bonchev–Trinajstić information content (AvgIpc) is 2.28. The third kappa shape index (κ3) is 5.50. The van der Waals surface area contributed by atoms with Crippen molar-refractivity contribution in [1.82, 2.24) is 5.32 Å². The molecule has 4 N–H and O–H groups in total. The number of hydrogen-bond donors (Lipinski definition) is 3. The molecule has 0 aliphatic rings. The van der Waals surface area contributed by atoms with Crippen LogP contribution in [0, 0.1) is 0 Å². The first-order valence-corrected chi connectivity index (χ1v) is 6.42. The molecule has 0 saturated heterocycles. The molecule has 5 nitrogen and oxygen atoms in total. The Balaban J connectivity index is 2.60. The van der Waals surface area contributed by atoms with Crippen LogP contribution >= 0.6 is 0 Å². The van der Waals surface area contributed by atoms with Crippen LogP contribution in [-0.4, -0.2) is 17.9 Å². The molecule has 5 heteroatoms. The second-order valence-corrected chi connectivity index (χ2v) is 5.34. The lowest BCUT2D eigenvalue weighted by atomic mass is 10.2. The molecule has 0 saturated carbocycles. The van der Waals surface area contributed by atoms with E-state index >= 15 is 0 Å². The Kier molecular flexibility index (Phi) is 5.03. The van der Waals surface area contributed by atoms with E-state index in [-0.39, 0.29) is 6.17 Å². The fraction of sp³-hybridized carbons (Fsp3) is 0.500. The van der Waals surface area contributed by atoms with Gasteiger partial charge in [0.05, 0.1) is 11.4 Å². The van der Waals surface area contributed by atoms with E-state index in [4.69, 9.17) is 10.5 Å². The monoisotopic (exact) mass is 265 g/mol. The number of alkyl carbamates (subject to hydrolysis) is 1. The number of para-hydroxylation sites is 2. The topological polar surface area (TPSA) is 76.4 Å². The molecule has 0 fully saturated rings. The number of nitrogens with one attached hydrogen (secondary N) is 2. The van der Waals surface area contributed by atoms with E-state index in [1.807, 2.05) is 52.0 Å². The van der Waals surface area contributed by atoms with Gasteiger partial charge >= 0.3 is 6.09 Å². The molecule has 1 aromatic carbocycles. The van der Waals surface area contributed by atoms with Gasteiger partial charge in [0.25, 0.3) is 0 Å². The van der Waals surface area contributed by atoms with Crippen molar-refractivity contribution in [3.8, 4) is 0 Å². The van der Waals surface area contributed by atoms with E-state index < -0.39 is 11.7 Å². The van der Waals surface area contributed by atoms with Gasteiger partial charge in [-0.3, -0.25) is 0 Å². The molecule has 1 rings (SSSR count). The van der Waals surface area contributed by atoms with E-state index in [9.17, 15) is 4.79 Å². The molecule has 0 aliphatic carbocycles. The number of anilines is 2. The predicted molar refractivity (Wildman–Crippen MR) is 77.9 cm³/mol. The van der Waals surface area contributed by atoms with Gasteiger partial charge in [-0.05, 0) is 39.3 Å². The van der Waals surface area contributed by atoms with Crippen LogP contribution in [0.25, 0.3) is 0 Å². The van der Waals surface area contributed by atoms with Gasteiger partial charge in [-0.2, -0.15) is 0 Å². The molecule has 19 heavy (non-hydrogen) atoms. The van der Waals surface area contributed by atoms with Crippen LogP contribution in [0.3, 0.4) is 0 Å².